The van der Waals surface area contributed by atoms with Crippen LogP contribution in [0.1, 0.15) is 5.89 Å². The number of aromatic nitrogens is 4. The van der Waals surface area contributed by atoms with Crippen LogP contribution in [0.5, 0.6) is 11.5 Å². The van der Waals surface area contributed by atoms with Crippen LogP contribution >= 0.6 is 23.2 Å². The second kappa shape index (κ2) is 8.53. The van der Waals surface area contributed by atoms with Crippen LogP contribution in [0.3, 0.4) is 0 Å². The largest absolute Gasteiger partial charge is 0.493 e. The zero-order valence-electron chi connectivity index (χ0n) is 16.8. The number of imidazole rings is 1. The van der Waals surface area contributed by atoms with Gasteiger partial charge in [-0.05, 0) is 42.5 Å². The Balaban J connectivity index is 1.36. The minimum absolute atomic E-state index is 0.108. The predicted molar refractivity (Wildman–Crippen MR) is 122 cm³/mol. The number of ether oxygens (including phenoxy) is 2. The molecule has 0 bridgehead atoms. The molecule has 0 spiro atoms. The van der Waals surface area contributed by atoms with Gasteiger partial charge in [-0.1, -0.05) is 41.4 Å². The van der Waals surface area contributed by atoms with Gasteiger partial charge < -0.3 is 18.9 Å². The monoisotopic (exact) mass is 466 g/mol. The molecule has 0 fully saturated rings. The van der Waals surface area contributed by atoms with Crippen molar-refractivity contribution in [3.05, 3.63) is 76.6 Å². The molecule has 0 saturated heterocycles. The molecular formula is C23H16Cl2N4O3. The Kier molecular flexibility index (Phi) is 5.43. The second-order valence-corrected chi connectivity index (χ2v) is 7.70. The maximum absolute atomic E-state index is 6.10. The molecule has 5 aromatic rings. The minimum Gasteiger partial charge on any atom is -0.493 e. The van der Waals surface area contributed by atoms with Crippen LogP contribution < -0.4 is 9.47 Å². The molecule has 3 aromatic carbocycles. The lowest BCUT2D eigenvalue weighted by molar-refractivity contribution is 0.251. The van der Waals surface area contributed by atoms with E-state index in [1.165, 1.54) is 0 Å². The third-order valence-electron chi connectivity index (χ3n) is 4.80. The highest BCUT2D eigenvalue weighted by atomic mass is 35.5. The van der Waals surface area contributed by atoms with Crippen molar-refractivity contribution in [3.8, 4) is 34.3 Å². The van der Waals surface area contributed by atoms with E-state index in [9.17, 15) is 0 Å². The molecule has 0 aliphatic heterocycles. The summed E-state index contributed by atoms with van der Waals surface area (Å²) in [5, 5.41) is 9.04. The van der Waals surface area contributed by atoms with Crippen LogP contribution in [-0.4, -0.2) is 27.3 Å². The molecule has 0 aliphatic carbocycles. The quantitative estimate of drug-likeness (QED) is 0.321. The third-order valence-corrected chi connectivity index (χ3v) is 5.52. The lowest BCUT2D eigenvalue weighted by Crippen LogP contribution is -1.98. The average molecular weight is 467 g/mol. The van der Waals surface area contributed by atoms with Crippen LogP contribution in [0.2, 0.25) is 10.0 Å². The highest BCUT2D eigenvalue weighted by Crippen LogP contribution is 2.34. The van der Waals surface area contributed by atoms with E-state index in [-0.39, 0.29) is 6.61 Å². The fourth-order valence-corrected chi connectivity index (χ4v) is 3.55. The summed E-state index contributed by atoms with van der Waals surface area (Å²) in [4.78, 5) is 7.83. The highest BCUT2D eigenvalue weighted by molar-refractivity contribution is 6.42. The third kappa shape index (κ3) is 4.00. The fraction of sp³-hybridized carbons (Fsp3) is 0.0870. The van der Waals surface area contributed by atoms with Gasteiger partial charge in [0, 0.05) is 11.1 Å². The van der Waals surface area contributed by atoms with Crippen molar-refractivity contribution < 1.29 is 13.9 Å². The first-order valence-electron chi connectivity index (χ1n) is 9.64. The number of halogens is 2. The normalized spacial score (nSPS) is 11.1. The Morgan fingerprint density at radius 2 is 1.72 bits per heavy atom. The van der Waals surface area contributed by atoms with E-state index in [0.29, 0.717) is 39.2 Å². The number of benzene rings is 3. The number of H-pyrrole nitrogens is 1. The molecule has 2 aromatic heterocycles. The van der Waals surface area contributed by atoms with Crippen LogP contribution in [0.15, 0.2) is 65.1 Å². The van der Waals surface area contributed by atoms with Crippen molar-refractivity contribution >= 4 is 34.2 Å². The number of hydrogen-bond acceptors (Lipinski definition) is 6. The standard InChI is InChI=1S/C23H16Cl2N4O3/c1-30-20-9-14(22-26-17-10-15(24)16(25)11-18(17)27-22)7-8-19(20)31-12-21-28-29-23(32-21)13-5-3-2-4-6-13/h2-11H,12H2,1H3,(H,26,27). The predicted octanol–water partition coefficient (Wildman–Crippen LogP) is 6.17. The van der Waals surface area contributed by atoms with Gasteiger partial charge >= 0.3 is 0 Å². The van der Waals surface area contributed by atoms with Gasteiger partial charge in [0.1, 0.15) is 5.82 Å². The van der Waals surface area contributed by atoms with E-state index in [4.69, 9.17) is 37.1 Å². The molecular weight excluding hydrogens is 451 g/mol. The lowest BCUT2D eigenvalue weighted by atomic mass is 10.2. The zero-order valence-corrected chi connectivity index (χ0v) is 18.3. The van der Waals surface area contributed by atoms with E-state index < -0.39 is 0 Å². The van der Waals surface area contributed by atoms with E-state index in [0.717, 1.165) is 22.2 Å². The first-order chi connectivity index (χ1) is 15.6. The van der Waals surface area contributed by atoms with Gasteiger partial charge in [-0.25, -0.2) is 4.98 Å². The summed E-state index contributed by atoms with van der Waals surface area (Å²) in [6.45, 7) is 0.108. The average Bonchev–Trinajstić information content (AvgIpc) is 3.45. The number of nitrogens with zero attached hydrogens (tertiary/aromatic N) is 3. The molecule has 32 heavy (non-hydrogen) atoms. The summed E-state index contributed by atoms with van der Waals surface area (Å²) in [5.41, 5.74) is 3.18. The zero-order chi connectivity index (χ0) is 22.1. The van der Waals surface area contributed by atoms with Crippen molar-refractivity contribution in [2.24, 2.45) is 0 Å². The summed E-state index contributed by atoms with van der Waals surface area (Å²) in [5.74, 6) is 2.55. The van der Waals surface area contributed by atoms with Crippen molar-refractivity contribution in [1.29, 1.82) is 0 Å². The van der Waals surface area contributed by atoms with E-state index >= 15 is 0 Å². The highest BCUT2D eigenvalue weighted by Gasteiger charge is 2.14. The molecule has 5 rings (SSSR count). The molecule has 160 valence electrons. The summed E-state index contributed by atoms with van der Waals surface area (Å²) in [6.07, 6.45) is 0. The van der Waals surface area contributed by atoms with Crippen LogP contribution in [0.4, 0.5) is 0 Å². The number of methoxy groups -OCH3 is 1. The summed E-state index contributed by atoms with van der Waals surface area (Å²) in [6, 6.07) is 18.5. The van der Waals surface area contributed by atoms with E-state index in [2.05, 4.69) is 20.2 Å². The molecule has 2 heterocycles. The Labute approximate surface area is 192 Å². The Hall–Kier alpha value is -3.55. The molecule has 1 N–H and O–H groups in total. The maximum atomic E-state index is 6.10. The smallest absolute Gasteiger partial charge is 0.254 e. The van der Waals surface area contributed by atoms with Gasteiger partial charge in [0.25, 0.3) is 5.89 Å². The molecule has 0 aliphatic rings. The molecule has 0 saturated carbocycles. The van der Waals surface area contributed by atoms with Gasteiger partial charge in [0.2, 0.25) is 5.89 Å². The Morgan fingerprint density at radius 3 is 2.53 bits per heavy atom. The van der Waals surface area contributed by atoms with Gasteiger partial charge in [-0.2, -0.15) is 0 Å². The molecule has 7 nitrogen and oxygen atoms in total. The van der Waals surface area contributed by atoms with Crippen molar-refractivity contribution in [3.63, 3.8) is 0 Å². The fourth-order valence-electron chi connectivity index (χ4n) is 3.22. The minimum atomic E-state index is 0.108. The Bertz CT molecular complexity index is 1360. The summed E-state index contributed by atoms with van der Waals surface area (Å²) < 4.78 is 17.1. The maximum Gasteiger partial charge on any atom is 0.254 e. The van der Waals surface area contributed by atoms with E-state index in [1.54, 1.807) is 25.3 Å². The van der Waals surface area contributed by atoms with Gasteiger partial charge in [0.05, 0.1) is 28.2 Å². The van der Waals surface area contributed by atoms with Crippen LogP contribution in [-0.2, 0) is 6.61 Å². The number of hydrogen-bond donors (Lipinski definition) is 1. The van der Waals surface area contributed by atoms with Gasteiger partial charge in [0.15, 0.2) is 18.1 Å². The molecule has 0 atom stereocenters. The van der Waals surface area contributed by atoms with Gasteiger partial charge in [-0.3, -0.25) is 0 Å². The topological polar surface area (TPSA) is 86.1 Å². The molecule has 9 heteroatoms. The summed E-state index contributed by atoms with van der Waals surface area (Å²) >= 11 is 12.2. The SMILES string of the molecule is COc1cc(-c2nc3cc(Cl)c(Cl)cc3[nH]2)ccc1OCc1nnc(-c2ccccc2)o1. The van der Waals surface area contributed by atoms with Crippen molar-refractivity contribution in [1.82, 2.24) is 20.2 Å². The van der Waals surface area contributed by atoms with Crippen molar-refractivity contribution in [2.75, 3.05) is 7.11 Å². The Morgan fingerprint density at radius 1 is 0.906 bits per heavy atom. The van der Waals surface area contributed by atoms with Crippen LogP contribution in [0, 0.1) is 0 Å². The summed E-state index contributed by atoms with van der Waals surface area (Å²) in [7, 11) is 1.57. The molecule has 0 radical (unpaired) electrons. The first-order valence-corrected chi connectivity index (χ1v) is 10.4. The van der Waals surface area contributed by atoms with Crippen LogP contribution in [0.25, 0.3) is 33.9 Å². The number of rotatable bonds is 6. The lowest BCUT2D eigenvalue weighted by Gasteiger charge is -2.10. The number of fused-ring (bicyclic) bond motifs is 1. The van der Waals surface area contributed by atoms with E-state index in [1.807, 2.05) is 42.5 Å². The van der Waals surface area contributed by atoms with Crippen molar-refractivity contribution in [2.45, 2.75) is 6.61 Å². The number of nitrogens with one attached hydrogen (secondary N) is 1. The first kappa shape index (κ1) is 20.4. The molecule has 0 amide bonds. The number of aromatic amines is 1. The molecule has 0 unspecified atom stereocenters. The van der Waals surface area contributed by atoms with Gasteiger partial charge in [-0.15, -0.1) is 10.2 Å². The second-order valence-electron chi connectivity index (χ2n) is 6.89.